The van der Waals surface area contributed by atoms with Gasteiger partial charge in [-0.3, -0.25) is 33.1 Å². The molecule has 0 aromatic carbocycles. The first-order chi connectivity index (χ1) is 12.2. The van der Waals surface area contributed by atoms with E-state index in [1.807, 2.05) is 0 Å². The Morgan fingerprint density at radius 1 is 0.840 bits per heavy atom. The molecule has 135 valence electrons. The number of halogens is 2. The molecule has 0 aliphatic carbocycles. The molecule has 0 fully saturated rings. The molecule has 0 unspecified atom stereocenters. The average molecular weight is 428 g/mol. The van der Waals surface area contributed by atoms with Gasteiger partial charge in [-0.25, -0.2) is 0 Å². The van der Waals surface area contributed by atoms with Crippen LogP contribution in [0.3, 0.4) is 0 Å². The summed E-state index contributed by atoms with van der Waals surface area (Å²) in [7, 11) is 9.59. The fourth-order valence-corrected chi connectivity index (χ4v) is 1.36. The van der Waals surface area contributed by atoms with Gasteiger partial charge in [-0.05, 0) is 12.1 Å². The van der Waals surface area contributed by atoms with Crippen molar-refractivity contribution in [2.45, 2.75) is 0 Å². The Morgan fingerprint density at radius 3 is 1.44 bits per heavy atom. The van der Waals surface area contributed by atoms with Crippen molar-refractivity contribution in [1.82, 2.24) is 9.97 Å². The van der Waals surface area contributed by atoms with E-state index < -0.39 is 0 Å². The van der Waals surface area contributed by atoms with Crippen molar-refractivity contribution in [3.8, 4) is 22.9 Å². The normalized spacial score (nSPS) is 7.92. The van der Waals surface area contributed by atoms with Crippen LogP contribution >= 0.6 is 20.2 Å². The van der Waals surface area contributed by atoms with Crippen LogP contribution < -0.4 is 9.47 Å². The summed E-state index contributed by atoms with van der Waals surface area (Å²) in [6, 6.07) is 6.20. The van der Waals surface area contributed by atoms with Gasteiger partial charge in [-0.15, -0.1) is 0 Å². The third-order valence-electron chi connectivity index (χ3n) is 2.09. The molecule has 0 saturated carbocycles. The molecular formula is C14H10Cl2MnN2O6-2. The number of ether oxygens (including phenoxy) is 2. The molecule has 0 amide bonds. The number of hydrogen-bond donors (Lipinski definition) is 0. The number of hydrogen-bond acceptors (Lipinski definition) is 8. The third kappa shape index (κ3) is 11.0. The van der Waals surface area contributed by atoms with Gasteiger partial charge in [0.25, 0.3) is 12.9 Å². The topological polar surface area (TPSA) is 113 Å². The minimum atomic E-state index is 0.00694. The monoisotopic (exact) mass is 427 g/mol. The fraction of sp³-hybridized carbons (Fsp3) is 0. The van der Waals surface area contributed by atoms with Crippen molar-refractivity contribution in [2.75, 3.05) is 0 Å². The number of rotatable bonds is 5. The van der Waals surface area contributed by atoms with Crippen LogP contribution in [0.4, 0.5) is 0 Å². The molecule has 0 aliphatic heterocycles. The SMILES string of the molecule is O=COc1ccnc(-c2cc(OC=O)ccn2)c1.[CH-]=O.[CH-]=O.[Cl][Mn][Cl]. The van der Waals surface area contributed by atoms with E-state index in [-0.39, 0.29) is 13.1 Å². The quantitative estimate of drug-likeness (QED) is 0.404. The predicted octanol–water partition coefficient (Wildman–Crippen LogP) is 2.04. The molecule has 0 atom stereocenters. The molecule has 0 bridgehead atoms. The molecule has 2 rings (SSSR count). The molecule has 0 N–H and O–H groups in total. The van der Waals surface area contributed by atoms with E-state index in [2.05, 4.69) is 23.5 Å². The van der Waals surface area contributed by atoms with Gasteiger partial charge in [0.2, 0.25) is 0 Å². The van der Waals surface area contributed by atoms with E-state index in [1.165, 1.54) is 12.4 Å². The van der Waals surface area contributed by atoms with Crippen LogP contribution in [-0.2, 0) is 32.3 Å². The van der Waals surface area contributed by atoms with Crippen molar-refractivity contribution in [2.24, 2.45) is 0 Å². The first-order valence-electron chi connectivity index (χ1n) is 5.72. The molecule has 0 radical (unpaired) electrons. The molecule has 0 aliphatic rings. The van der Waals surface area contributed by atoms with Crippen molar-refractivity contribution in [3.63, 3.8) is 0 Å². The predicted molar refractivity (Wildman–Crippen MR) is 86.1 cm³/mol. The van der Waals surface area contributed by atoms with Crippen molar-refractivity contribution < 1.29 is 41.8 Å². The molecule has 11 heteroatoms. The average Bonchev–Trinajstić information content (AvgIpc) is 2.67. The van der Waals surface area contributed by atoms with E-state index in [1.54, 1.807) is 24.3 Å². The van der Waals surface area contributed by atoms with Gasteiger partial charge in [0.1, 0.15) is 11.5 Å². The van der Waals surface area contributed by atoms with Crippen molar-refractivity contribution in [3.05, 3.63) is 36.7 Å². The maximum absolute atomic E-state index is 10.2. The molecule has 2 aromatic rings. The van der Waals surface area contributed by atoms with Crippen LogP contribution in [0.5, 0.6) is 11.5 Å². The second kappa shape index (κ2) is 18.0. The van der Waals surface area contributed by atoms with E-state index in [0.29, 0.717) is 35.8 Å². The summed E-state index contributed by atoms with van der Waals surface area (Å²) in [5.74, 6) is 0.719. The first-order valence-corrected chi connectivity index (χ1v) is 8.97. The van der Waals surface area contributed by atoms with Gasteiger partial charge in [0.05, 0.1) is 11.4 Å². The van der Waals surface area contributed by atoms with Crippen LogP contribution in [0.15, 0.2) is 36.7 Å². The molecule has 2 aromatic heterocycles. The van der Waals surface area contributed by atoms with Gasteiger partial charge in [0, 0.05) is 24.5 Å². The molecule has 25 heavy (non-hydrogen) atoms. The standard InChI is InChI=1S/C12H8N2O4.2CHO.2ClH.Mn/c15-7-17-9-1-3-13-11(5-9)12-6-10(18-8-16)2-4-14-12;2*1-2;;;/h1-8H;2*1H;2*1H;/q;2*-1;;;+2/p-2. The van der Waals surface area contributed by atoms with E-state index >= 15 is 0 Å². The van der Waals surface area contributed by atoms with Crippen molar-refractivity contribution >= 4 is 46.7 Å². The van der Waals surface area contributed by atoms with Crippen LogP contribution in [-0.4, -0.2) is 36.5 Å². The molecular weight excluding hydrogens is 418 g/mol. The number of carbonyl (C=O) groups excluding carboxylic acids is 4. The Bertz CT molecular complexity index is 582. The summed E-state index contributed by atoms with van der Waals surface area (Å²) in [6.45, 7) is 7.16. The van der Waals surface area contributed by atoms with E-state index in [4.69, 9.17) is 39.3 Å². The maximum atomic E-state index is 10.2. The summed E-state index contributed by atoms with van der Waals surface area (Å²) >= 11 is 0.00694. The summed E-state index contributed by atoms with van der Waals surface area (Å²) in [4.78, 5) is 44.2. The van der Waals surface area contributed by atoms with Crippen molar-refractivity contribution in [1.29, 1.82) is 0 Å². The third-order valence-corrected chi connectivity index (χ3v) is 2.09. The van der Waals surface area contributed by atoms with Crippen LogP contribution in [0, 0.1) is 0 Å². The van der Waals surface area contributed by atoms with E-state index in [0.717, 1.165) is 0 Å². The summed E-state index contributed by atoms with van der Waals surface area (Å²) in [5, 5.41) is 0. The molecule has 8 nitrogen and oxygen atoms in total. The fourth-order valence-electron chi connectivity index (χ4n) is 1.36. The summed E-state index contributed by atoms with van der Waals surface area (Å²) < 4.78 is 9.42. The molecule has 0 spiro atoms. The Kier molecular flexibility index (Phi) is 18.0. The van der Waals surface area contributed by atoms with Crippen LogP contribution in [0.2, 0.25) is 0 Å². The minimum absolute atomic E-state index is 0.00694. The van der Waals surface area contributed by atoms with Gasteiger partial charge < -0.3 is 19.1 Å². The Hall–Kier alpha value is -2.32. The second-order valence-electron chi connectivity index (χ2n) is 3.24. The van der Waals surface area contributed by atoms with Gasteiger partial charge in [-0.2, -0.15) is 0 Å². The second-order valence-corrected chi connectivity index (χ2v) is 5.19. The summed E-state index contributed by atoms with van der Waals surface area (Å²) in [5.41, 5.74) is 1.01. The number of nitrogens with zero attached hydrogens (tertiary/aromatic N) is 2. The molecule has 0 saturated heterocycles. The molecule has 2 heterocycles. The van der Waals surface area contributed by atoms with Crippen LogP contribution in [0.1, 0.15) is 0 Å². The van der Waals surface area contributed by atoms with Gasteiger partial charge in [0.15, 0.2) is 0 Å². The zero-order valence-electron chi connectivity index (χ0n) is 12.3. The Morgan fingerprint density at radius 2 is 1.16 bits per heavy atom. The Balaban J connectivity index is 0. The number of aromatic nitrogens is 2. The van der Waals surface area contributed by atoms with Gasteiger partial charge >= 0.3 is 33.3 Å². The van der Waals surface area contributed by atoms with Crippen LogP contribution in [0.25, 0.3) is 11.4 Å². The zero-order valence-corrected chi connectivity index (χ0v) is 14.9. The summed E-state index contributed by atoms with van der Waals surface area (Å²) in [6.07, 6.45) is 2.98. The first kappa shape index (κ1) is 24.9. The number of carbonyl (C=O) groups is 2. The number of pyridine rings is 2. The Labute approximate surface area is 158 Å². The van der Waals surface area contributed by atoms with Gasteiger partial charge in [-0.1, -0.05) is 0 Å². The van der Waals surface area contributed by atoms with E-state index in [9.17, 15) is 9.59 Å². The zero-order chi connectivity index (χ0) is 19.5.